The molecule has 0 bridgehead atoms. The molecule has 32 heavy (non-hydrogen) atoms. The SMILES string of the molecule is CC(Oc1cc2oc(=O)n(CCC(=O)O)c2cc1Cl)c1ncco1.NC(CO)(CO)CO. The number of aliphatic hydroxyl groups is 3. The summed E-state index contributed by atoms with van der Waals surface area (Å²) in [5.41, 5.74) is 4.60. The normalized spacial score (nSPS) is 12.3. The number of aliphatic carboxylic acids is 1. The minimum Gasteiger partial charge on any atom is -0.481 e. The number of oxazole rings is 2. The maximum Gasteiger partial charge on any atom is 0.419 e. The molecule has 6 N–H and O–H groups in total. The van der Waals surface area contributed by atoms with Gasteiger partial charge in [0.15, 0.2) is 11.7 Å². The summed E-state index contributed by atoms with van der Waals surface area (Å²) in [6.07, 6.45) is 2.24. The average Bonchev–Trinajstić information content (AvgIpc) is 3.40. The molecule has 1 aromatic carbocycles. The molecule has 3 aromatic rings. The fourth-order valence-electron chi connectivity index (χ4n) is 2.40. The number of aryl methyl sites for hydroxylation is 1. The maximum atomic E-state index is 11.9. The van der Waals surface area contributed by atoms with E-state index in [4.69, 9.17) is 51.3 Å². The Morgan fingerprint density at radius 1 is 1.31 bits per heavy atom. The predicted molar refractivity (Wildman–Crippen MR) is 111 cm³/mol. The number of aliphatic hydroxyl groups excluding tert-OH is 3. The molecule has 0 aliphatic heterocycles. The van der Waals surface area contributed by atoms with Crippen molar-refractivity contribution in [2.24, 2.45) is 5.73 Å². The van der Waals surface area contributed by atoms with Gasteiger partial charge in [-0.15, -0.1) is 0 Å². The first-order valence-electron chi connectivity index (χ1n) is 9.36. The van der Waals surface area contributed by atoms with Crippen LogP contribution < -0.4 is 16.2 Å². The number of ether oxygens (including phenoxy) is 1. The second kappa shape index (κ2) is 11.1. The van der Waals surface area contributed by atoms with Crippen LogP contribution in [0, 0.1) is 0 Å². The Morgan fingerprint density at radius 2 is 1.97 bits per heavy atom. The van der Waals surface area contributed by atoms with Gasteiger partial charge in [0, 0.05) is 12.6 Å². The fourth-order valence-corrected chi connectivity index (χ4v) is 2.60. The average molecular weight is 474 g/mol. The molecule has 1 unspecified atom stereocenters. The minimum absolute atomic E-state index is 0.00951. The van der Waals surface area contributed by atoms with Crippen LogP contribution in [-0.2, 0) is 11.3 Å². The lowest BCUT2D eigenvalue weighted by molar-refractivity contribution is -0.137. The highest BCUT2D eigenvalue weighted by molar-refractivity contribution is 6.32. The number of hydrogen-bond donors (Lipinski definition) is 5. The molecule has 3 rings (SSSR count). The number of hydrogen-bond acceptors (Lipinski definition) is 10. The second-order valence-electron chi connectivity index (χ2n) is 6.88. The van der Waals surface area contributed by atoms with Crippen LogP contribution in [0.4, 0.5) is 0 Å². The Bertz CT molecular complexity index is 1070. The third kappa shape index (κ3) is 6.31. The zero-order chi connectivity index (χ0) is 23.9. The maximum absolute atomic E-state index is 11.9. The van der Waals surface area contributed by atoms with Crippen LogP contribution in [0.25, 0.3) is 11.1 Å². The number of benzene rings is 1. The second-order valence-corrected chi connectivity index (χ2v) is 7.29. The van der Waals surface area contributed by atoms with Crippen LogP contribution in [0.1, 0.15) is 25.3 Å². The van der Waals surface area contributed by atoms with Crippen LogP contribution in [0.2, 0.25) is 5.02 Å². The molecule has 13 heteroatoms. The number of carboxylic acids is 1. The van der Waals surface area contributed by atoms with E-state index in [9.17, 15) is 9.59 Å². The van der Waals surface area contributed by atoms with Crippen molar-refractivity contribution in [1.82, 2.24) is 9.55 Å². The smallest absolute Gasteiger partial charge is 0.419 e. The molecular weight excluding hydrogens is 450 g/mol. The number of carbonyl (C=O) groups is 1. The highest BCUT2D eigenvalue weighted by Crippen LogP contribution is 2.32. The third-order valence-corrected chi connectivity index (χ3v) is 4.61. The Balaban J connectivity index is 0.000000390. The summed E-state index contributed by atoms with van der Waals surface area (Å²) in [7, 11) is 0. The molecule has 0 aliphatic carbocycles. The number of aromatic nitrogens is 2. The summed E-state index contributed by atoms with van der Waals surface area (Å²) in [5.74, 6) is -0.983. The molecule has 0 saturated carbocycles. The topological polar surface area (TPSA) is 194 Å². The van der Waals surface area contributed by atoms with Gasteiger partial charge in [-0.3, -0.25) is 9.36 Å². The number of rotatable bonds is 9. The van der Waals surface area contributed by atoms with Gasteiger partial charge in [-0.05, 0) is 13.0 Å². The van der Waals surface area contributed by atoms with E-state index in [2.05, 4.69) is 4.98 Å². The molecule has 176 valence electrons. The van der Waals surface area contributed by atoms with E-state index in [-0.39, 0.29) is 23.6 Å². The van der Waals surface area contributed by atoms with E-state index >= 15 is 0 Å². The molecule has 0 spiro atoms. The van der Waals surface area contributed by atoms with Crippen molar-refractivity contribution in [1.29, 1.82) is 0 Å². The van der Waals surface area contributed by atoms with E-state index < -0.39 is 43.2 Å². The van der Waals surface area contributed by atoms with Gasteiger partial charge in [-0.2, -0.15) is 0 Å². The molecule has 0 amide bonds. The zero-order valence-electron chi connectivity index (χ0n) is 17.1. The van der Waals surface area contributed by atoms with Crippen LogP contribution in [0.15, 0.2) is 38.2 Å². The highest BCUT2D eigenvalue weighted by Gasteiger charge is 2.21. The number of carboxylic acid groups (broad SMARTS) is 1. The van der Waals surface area contributed by atoms with Gasteiger partial charge in [0.25, 0.3) is 0 Å². The van der Waals surface area contributed by atoms with Gasteiger partial charge in [-0.1, -0.05) is 11.6 Å². The number of nitrogens with two attached hydrogens (primary N) is 1. The number of nitrogens with zero attached hydrogens (tertiary/aromatic N) is 2. The van der Waals surface area contributed by atoms with Gasteiger partial charge >= 0.3 is 11.7 Å². The predicted octanol–water partition coefficient (Wildman–Crippen LogP) is 0.511. The molecule has 0 aliphatic rings. The molecule has 12 nitrogen and oxygen atoms in total. The molecule has 0 saturated heterocycles. The Morgan fingerprint density at radius 3 is 2.47 bits per heavy atom. The van der Waals surface area contributed by atoms with Gasteiger partial charge in [0.2, 0.25) is 5.89 Å². The highest BCUT2D eigenvalue weighted by atomic mass is 35.5. The molecule has 2 heterocycles. The lowest BCUT2D eigenvalue weighted by Crippen LogP contribution is -2.50. The van der Waals surface area contributed by atoms with E-state index in [1.54, 1.807) is 6.92 Å². The van der Waals surface area contributed by atoms with Crippen LogP contribution in [-0.4, -0.2) is 61.3 Å². The van der Waals surface area contributed by atoms with Crippen molar-refractivity contribution < 1.29 is 38.8 Å². The van der Waals surface area contributed by atoms with Crippen molar-refractivity contribution in [2.75, 3.05) is 19.8 Å². The first-order valence-corrected chi connectivity index (χ1v) is 9.74. The van der Waals surface area contributed by atoms with Crippen molar-refractivity contribution >= 4 is 28.7 Å². The molecule has 0 fully saturated rings. The number of fused-ring (bicyclic) bond motifs is 1. The Hall–Kier alpha value is -2.90. The van der Waals surface area contributed by atoms with Crippen molar-refractivity contribution in [2.45, 2.75) is 31.5 Å². The van der Waals surface area contributed by atoms with Gasteiger partial charge in [-0.25, -0.2) is 9.78 Å². The summed E-state index contributed by atoms with van der Waals surface area (Å²) >= 11 is 6.20. The van der Waals surface area contributed by atoms with E-state index in [0.717, 1.165) is 0 Å². The first-order chi connectivity index (χ1) is 15.1. The minimum atomic E-state index is -1.21. The van der Waals surface area contributed by atoms with Crippen LogP contribution >= 0.6 is 11.6 Å². The van der Waals surface area contributed by atoms with Crippen molar-refractivity contribution in [3.63, 3.8) is 0 Å². The lowest BCUT2D eigenvalue weighted by Gasteiger charge is -2.20. The number of halogens is 1. The van der Waals surface area contributed by atoms with Crippen LogP contribution in [0.5, 0.6) is 5.75 Å². The molecular formula is C19H24ClN3O9. The summed E-state index contributed by atoms with van der Waals surface area (Å²) < 4.78 is 17.2. The molecule has 2 aromatic heterocycles. The van der Waals surface area contributed by atoms with Gasteiger partial charge < -0.3 is 39.7 Å². The van der Waals surface area contributed by atoms with Crippen molar-refractivity contribution in [3.05, 3.63) is 46.1 Å². The molecule has 1 atom stereocenters. The van der Waals surface area contributed by atoms with E-state index in [1.165, 1.54) is 29.2 Å². The van der Waals surface area contributed by atoms with E-state index in [0.29, 0.717) is 17.2 Å². The summed E-state index contributed by atoms with van der Waals surface area (Å²) in [6, 6.07) is 2.98. The largest absolute Gasteiger partial charge is 0.481 e. The molecule has 0 radical (unpaired) electrons. The van der Waals surface area contributed by atoms with Crippen LogP contribution in [0.3, 0.4) is 0 Å². The monoisotopic (exact) mass is 473 g/mol. The summed E-state index contributed by atoms with van der Waals surface area (Å²) in [6.45, 7) is 0.519. The standard InChI is InChI=1S/C15H13ClN2O6.C4H11NO3/c1-8(14-17-3-5-22-14)23-11-7-12-10(6-9(11)16)18(15(21)24-12)4-2-13(19)20;5-4(1-6,2-7)3-8/h3,5-8H,2,4H2,1H3,(H,19,20);6-8H,1-3,5H2. The summed E-state index contributed by atoms with van der Waals surface area (Å²) in [4.78, 5) is 26.6. The quantitative estimate of drug-likeness (QED) is 0.290. The fraction of sp³-hybridized carbons (Fsp3) is 0.421. The van der Waals surface area contributed by atoms with Gasteiger partial charge in [0.05, 0.1) is 48.5 Å². The first kappa shape index (κ1) is 25.4. The van der Waals surface area contributed by atoms with E-state index in [1.807, 2.05) is 0 Å². The van der Waals surface area contributed by atoms with Crippen molar-refractivity contribution in [3.8, 4) is 5.75 Å². The lowest BCUT2D eigenvalue weighted by atomic mass is 10.1. The van der Waals surface area contributed by atoms with Gasteiger partial charge in [0.1, 0.15) is 12.0 Å². The Labute approximate surface area is 186 Å². The summed E-state index contributed by atoms with van der Waals surface area (Å²) in [5, 5.41) is 34.0. The third-order valence-electron chi connectivity index (χ3n) is 4.32. The Kier molecular flexibility index (Phi) is 8.80. The zero-order valence-corrected chi connectivity index (χ0v) is 17.9.